The number of nitrogen functional groups attached to an aromatic ring is 1. The maximum Gasteiger partial charge on any atom is 0.550 e. The van der Waals surface area contributed by atoms with Crippen LogP contribution in [0.2, 0.25) is 0 Å². The van der Waals surface area contributed by atoms with Gasteiger partial charge in [-0.1, -0.05) is 13.0 Å². The van der Waals surface area contributed by atoms with Crippen molar-refractivity contribution in [3.63, 3.8) is 0 Å². The summed E-state index contributed by atoms with van der Waals surface area (Å²) in [7, 11) is -1.79. The number of rotatable bonds is 4. The third kappa shape index (κ3) is 2.53. The Morgan fingerprint density at radius 2 is 2.14 bits per heavy atom. The second-order valence-corrected chi connectivity index (χ2v) is 4.18. The predicted molar refractivity (Wildman–Crippen MR) is 59.1 cm³/mol. The fourth-order valence-corrected chi connectivity index (χ4v) is 2.02. The van der Waals surface area contributed by atoms with Crippen LogP contribution < -0.4 is 11.0 Å². The number of aryl methyl sites for hydroxylation is 1. The van der Waals surface area contributed by atoms with Gasteiger partial charge in [-0.3, -0.25) is 0 Å². The molecule has 14 heavy (non-hydrogen) atoms. The number of benzene rings is 1. The summed E-state index contributed by atoms with van der Waals surface area (Å²) in [5, 5.41) is 0.596. The first kappa shape index (κ1) is 11.2. The summed E-state index contributed by atoms with van der Waals surface area (Å²) in [6.45, 7) is 4.30. The van der Waals surface area contributed by atoms with Crippen LogP contribution in [-0.2, 0) is 15.5 Å². The minimum Gasteiger partial charge on any atom is -0.395 e. The van der Waals surface area contributed by atoms with Gasteiger partial charge in [0.1, 0.15) is 6.61 Å². The van der Waals surface area contributed by atoms with E-state index < -0.39 is 8.03 Å². The Bertz CT molecular complexity index is 339. The van der Waals surface area contributed by atoms with E-state index in [0.717, 1.165) is 12.0 Å². The molecule has 0 heterocycles. The maximum atomic E-state index is 11.5. The molecule has 2 N–H and O–H groups in total. The molecule has 1 rings (SSSR count). The van der Waals surface area contributed by atoms with Gasteiger partial charge < -0.3 is 5.73 Å². The van der Waals surface area contributed by atoms with E-state index in [1.807, 2.05) is 19.1 Å². The first-order chi connectivity index (χ1) is 6.69. The minimum absolute atomic E-state index is 0.435. The molecule has 0 fully saturated rings. The van der Waals surface area contributed by atoms with Crippen LogP contribution in [0.25, 0.3) is 0 Å². The van der Waals surface area contributed by atoms with E-state index in [1.54, 1.807) is 6.07 Å². The molecule has 0 aliphatic rings. The van der Waals surface area contributed by atoms with E-state index in [2.05, 4.69) is 6.92 Å². The van der Waals surface area contributed by atoms with Crippen molar-refractivity contribution >= 4 is 19.0 Å². The highest BCUT2D eigenvalue weighted by molar-refractivity contribution is 7.48. The van der Waals surface area contributed by atoms with Crippen LogP contribution in [0.5, 0.6) is 0 Å². The van der Waals surface area contributed by atoms with Crippen molar-refractivity contribution in [2.24, 2.45) is 0 Å². The molecule has 0 spiro atoms. The predicted octanol–water partition coefficient (Wildman–Crippen LogP) is 2.24. The SMILES string of the molecule is CCO[P+](=O)c1ccc(CC)cc1N. The van der Waals surface area contributed by atoms with Gasteiger partial charge in [-0.15, -0.1) is 4.52 Å². The molecule has 1 aromatic rings. The van der Waals surface area contributed by atoms with Gasteiger partial charge in [0.2, 0.25) is 5.30 Å². The number of hydrogen-bond donors (Lipinski definition) is 1. The lowest BCUT2D eigenvalue weighted by atomic mass is 10.1. The summed E-state index contributed by atoms with van der Waals surface area (Å²) in [6.07, 6.45) is 0.926. The lowest BCUT2D eigenvalue weighted by Crippen LogP contribution is -2.06. The van der Waals surface area contributed by atoms with Gasteiger partial charge in [0.25, 0.3) is 0 Å². The first-order valence-corrected chi connectivity index (χ1v) is 5.85. The second kappa shape index (κ2) is 5.08. The Balaban J connectivity index is 2.94. The summed E-state index contributed by atoms with van der Waals surface area (Å²) in [5.41, 5.74) is 7.46. The zero-order valence-electron chi connectivity index (χ0n) is 8.49. The summed E-state index contributed by atoms with van der Waals surface area (Å²) < 4.78 is 16.5. The van der Waals surface area contributed by atoms with Crippen molar-refractivity contribution in [3.05, 3.63) is 23.8 Å². The average Bonchev–Trinajstić information content (AvgIpc) is 2.17. The van der Waals surface area contributed by atoms with Crippen LogP contribution in [0.3, 0.4) is 0 Å². The maximum absolute atomic E-state index is 11.5. The standard InChI is InChI=1S/C10H15NO2P/c1-3-8-5-6-10(9(11)7-8)14(12)13-4-2/h5-7H,3-4,11H2,1-2H3/q+1. The van der Waals surface area contributed by atoms with Crippen molar-refractivity contribution in [1.82, 2.24) is 0 Å². The van der Waals surface area contributed by atoms with Gasteiger partial charge in [0, 0.05) is 0 Å². The Kier molecular flexibility index (Phi) is 4.05. The second-order valence-electron chi connectivity index (χ2n) is 2.92. The van der Waals surface area contributed by atoms with Gasteiger partial charge in [-0.05, 0) is 35.6 Å². The van der Waals surface area contributed by atoms with E-state index in [9.17, 15) is 4.57 Å². The lowest BCUT2D eigenvalue weighted by Gasteiger charge is -1.98. The van der Waals surface area contributed by atoms with Crippen LogP contribution >= 0.6 is 8.03 Å². The van der Waals surface area contributed by atoms with E-state index in [1.165, 1.54) is 0 Å². The van der Waals surface area contributed by atoms with Crippen LogP contribution in [0.4, 0.5) is 5.69 Å². The molecular weight excluding hydrogens is 197 g/mol. The molecular formula is C10H15NO2P+. The molecule has 1 atom stereocenters. The molecule has 0 amide bonds. The highest BCUT2D eigenvalue weighted by Gasteiger charge is 2.24. The van der Waals surface area contributed by atoms with Crippen molar-refractivity contribution < 1.29 is 9.09 Å². The molecule has 0 aliphatic heterocycles. The zero-order valence-corrected chi connectivity index (χ0v) is 9.38. The highest BCUT2D eigenvalue weighted by Crippen LogP contribution is 2.25. The molecule has 76 valence electrons. The highest BCUT2D eigenvalue weighted by atomic mass is 31.1. The molecule has 4 heteroatoms. The van der Waals surface area contributed by atoms with Gasteiger partial charge >= 0.3 is 8.03 Å². The fraction of sp³-hybridized carbons (Fsp3) is 0.400. The van der Waals surface area contributed by atoms with Gasteiger partial charge in [0.05, 0.1) is 5.69 Å². The summed E-state index contributed by atoms with van der Waals surface area (Å²) >= 11 is 0. The molecule has 0 aliphatic carbocycles. The monoisotopic (exact) mass is 212 g/mol. The Hall–Kier alpha value is -0.920. The van der Waals surface area contributed by atoms with Crippen molar-refractivity contribution in [2.45, 2.75) is 20.3 Å². The summed E-state index contributed by atoms with van der Waals surface area (Å²) in [5.74, 6) is 0. The smallest absolute Gasteiger partial charge is 0.395 e. The van der Waals surface area contributed by atoms with Crippen molar-refractivity contribution in [1.29, 1.82) is 0 Å². The van der Waals surface area contributed by atoms with E-state index in [-0.39, 0.29) is 0 Å². The van der Waals surface area contributed by atoms with Crippen LogP contribution in [0, 0.1) is 0 Å². The van der Waals surface area contributed by atoms with Crippen LogP contribution in [0.1, 0.15) is 19.4 Å². The quantitative estimate of drug-likeness (QED) is 0.615. The minimum atomic E-state index is -1.79. The van der Waals surface area contributed by atoms with E-state index in [0.29, 0.717) is 17.6 Å². The summed E-state index contributed by atoms with van der Waals surface area (Å²) in [4.78, 5) is 0. The average molecular weight is 212 g/mol. The number of anilines is 1. The Labute approximate surface area is 85.1 Å². The molecule has 0 aromatic heterocycles. The van der Waals surface area contributed by atoms with Crippen LogP contribution in [0.15, 0.2) is 18.2 Å². The summed E-state index contributed by atoms with van der Waals surface area (Å²) in [6, 6.07) is 5.56. The lowest BCUT2D eigenvalue weighted by molar-refractivity contribution is 0.357. The molecule has 0 saturated carbocycles. The topological polar surface area (TPSA) is 52.3 Å². The van der Waals surface area contributed by atoms with E-state index in [4.69, 9.17) is 10.3 Å². The fourth-order valence-electron chi connectivity index (χ4n) is 1.18. The number of hydrogen-bond acceptors (Lipinski definition) is 3. The van der Waals surface area contributed by atoms with Crippen molar-refractivity contribution in [2.75, 3.05) is 12.3 Å². The van der Waals surface area contributed by atoms with Crippen LogP contribution in [-0.4, -0.2) is 6.61 Å². The zero-order chi connectivity index (χ0) is 10.6. The molecule has 1 unspecified atom stereocenters. The molecule has 0 bridgehead atoms. The normalized spacial score (nSPS) is 11.4. The molecule has 1 aromatic carbocycles. The Morgan fingerprint density at radius 3 is 2.64 bits per heavy atom. The van der Waals surface area contributed by atoms with Gasteiger partial charge in [-0.2, -0.15) is 0 Å². The van der Waals surface area contributed by atoms with Gasteiger partial charge in [-0.25, -0.2) is 0 Å². The molecule has 0 saturated heterocycles. The van der Waals surface area contributed by atoms with Gasteiger partial charge in [0.15, 0.2) is 0 Å². The Morgan fingerprint density at radius 1 is 1.43 bits per heavy atom. The van der Waals surface area contributed by atoms with E-state index >= 15 is 0 Å². The first-order valence-electron chi connectivity index (χ1n) is 4.67. The van der Waals surface area contributed by atoms with Crippen molar-refractivity contribution in [3.8, 4) is 0 Å². The molecule has 3 nitrogen and oxygen atoms in total. The molecule has 0 radical (unpaired) electrons. The largest absolute Gasteiger partial charge is 0.550 e. The number of nitrogens with two attached hydrogens (primary N) is 1. The third-order valence-electron chi connectivity index (χ3n) is 1.94. The third-order valence-corrected chi connectivity index (χ3v) is 3.24.